The van der Waals surface area contributed by atoms with Gasteiger partial charge >= 0.3 is 6.09 Å². The highest BCUT2D eigenvalue weighted by Gasteiger charge is 2.43. The molecule has 0 spiro atoms. The molecule has 4 aromatic rings. The highest BCUT2D eigenvalue weighted by atomic mass is 35.5. The summed E-state index contributed by atoms with van der Waals surface area (Å²) < 4.78 is 4.75. The van der Waals surface area contributed by atoms with Gasteiger partial charge in [-0.2, -0.15) is 0 Å². The summed E-state index contributed by atoms with van der Waals surface area (Å²) in [6.45, 7) is 6.35. The van der Waals surface area contributed by atoms with Crippen LogP contribution < -0.4 is 10.6 Å². The van der Waals surface area contributed by atoms with Crippen molar-refractivity contribution in [2.75, 3.05) is 33.8 Å². The Morgan fingerprint density at radius 1 is 1.09 bits per heavy atom. The predicted molar refractivity (Wildman–Crippen MR) is 188 cm³/mol. The van der Waals surface area contributed by atoms with E-state index < -0.39 is 11.7 Å². The van der Waals surface area contributed by atoms with Gasteiger partial charge in [-0.05, 0) is 79.6 Å². The van der Waals surface area contributed by atoms with E-state index in [9.17, 15) is 14.7 Å². The van der Waals surface area contributed by atoms with Gasteiger partial charge in [-0.15, -0.1) is 0 Å². The highest BCUT2D eigenvalue weighted by Crippen LogP contribution is 2.45. The molecule has 0 bridgehead atoms. The van der Waals surface area contributed by atoms with E-state index in [0.29, 0.717) is 59.9 Å². The Balaban J connectivity index is 1.54. The molecular formula is C38H45ClN4O4. The number of methoxy groups -OCH3 is 1. The van der Waals surface area contributed by atoms with Gasteiger partial charge in [0, 0.05) is 48.6 Å². The van der Waals surface area contributed by atoms with E-state index in [1.54, 1.807) is 0 Å². The number of amides is 2. The van der Waals surface area contributed by atoms with Crippen LogP contribution in [0.25, 0.3) is 22.2 Å². The van der Waals surface area contributed by atoms with E-state index in [1.807, 2.05) is 66.5 Å². The molecule has 1 aromatic heterocycles. The number of para-hydroxylation sites is 1. The number of hydrogen-bond acceptors (Lipinski definition) is 6. The number of likely N-dealkylation sites (tertiary alicyclic amines) is 1. The summed E-state index contributed by atoms with van der Waals surface area (Å²) in [6.07, 6.45) is 1.77. The standard InChI is InChI=1S/C38H45ClN4O4/c1-25(2)30-11-5-9-27-18-19-33(42-35(27)30)34-31(12-6-13-32(34)39)38(46,20-8-21-41-37(45)47-4)29-10-7-22-43(24-29)36(44)28-16-14-26(15-17-28)23-40-3/h5-6,9,11-19,25,29,40,46H,7-8,10,20-24H2,1-4H3,(H,41,45). The average molecular weight is 657 g/mol. The second kappa shape index (κ2) is 15.3. The summed E-state index contributed by atoms with van der Waals surface area (Å²) in [5, 5.41) is 20.3. The number of aromatic nitrogens is 1. The van der Waals surface area contributed by atoms with Crippen molar-refractivity contribution in [2.45, 2.75) is 57.6 Å². The zero-order valence-electron chi connectivity index (χ0n) is 27.7. The second-order valence-corrected chi connectivity index (χ2v) is 13.1. The number of fused-ring (bicyclic) bond motifs is 1. The SMILES string of the molecule is CNCc1ccc(C(=O)N2CCCC(C(O)(CCCNC(=O)OC)c3cccc(Cl)c3-c3ccc4cccc(C(C)C)c4n3)C2)cc1. The molecule has 2 unspecified atom stereocenters. The van der Waals surface area contributed by atoms with Gasteiger partial charge in [0.25, 0.3) is 5.91 Å². The van der Waals surface area contributed by atoms with Gasteiger partial charge in [-0.1, -0.05) is 74.0 Å². The molecule has 2 amide bonds. The molecule has 9 heteroatoms. The fourth-order valence-corrected chi connectivity index (χ4v) is 7.07. The second-order valence-electron chi connectivity index (χ2n) is 12.7. The molecule has 0 aliphatic carbocycles. The van der Waals surface area contributed by atoms with Gasteiger partial charge in [-0.25, -0.2) is 9.78 Å². The van der Waals surface area contributed by atoms with Crippen LogP contribution in [0.2, 0.25) is 5.02 Å². The van der Waals surface area contributed by atoms with E-state index in [2.05, 4.69) is 42.7 Å². The predicted octanol–water partition coefficient (Wildman–Crippen LogP) is 7.27. The van der Waals surface area contributed by atoms with Crippen molar-refractivity contribution >= 4 is 34.5 Å². The number of hydrogen-bond donors (Lipinski definition) is 3. The Labute approximate surface area is 282 Å². The van der Waals surface area contributed by atoms with Crippen molar-refractivity contribution in [1.82, 2.24) is 20.5 Å². The minimum absolute atomic E-state index is 0.0517. The largest absolute Gasteiger partial charge is 0.453 e. The Kier molecular flexibility index (Phi) is 11.2. The maximum absolute atomic E-state index is 13.7. The van der Waals surface area contributed by atoms with Gasteiger partial charge in [0.2, 0.25) is 0 Å². The average Bonchev–Trinajstić information content (AvgIpc) is 3.09. The maximum atomic E-state index is 13.7. The number of pyridine rings is 1. The van der Waals surface area contributed by atoms with Crippen molar-refractivity contribution in [2.24, 2.45) is 5.92 Å². The summed E-state index contributed by atoms with van der Waals surface area (Å²) in [7, 11) is 3.22. The Bertz CT molecular complexity index is 1710. The third kappa shape index (κ3) is 7.61. The maximum Gasteiger partial charge on any atom is 0.406 e. The van der Waals surface area contributed by atoms with E-state index >= 15 is 0 Å². The quantitative estimate of drug-likeness (QED) is 0.147. The van der Waals surface area contributed by atoms with Crippen molar-refractivity contribution in [3.05, 3.63) is 100 Å². The Morgan fingerprint density at radius 3 is 2.57 bits per heavy atom. The van der Waals surface area contributed by atoms with E-state index in [4.69, 9.17) is 21.3 Å². The van der Waals surface area contributed by atoms with Crippen LogP contribution in [0.15, 0.2) is 72.8 Å². The van der Waals surface area contributed by atoms with E-state index in [0.717, 1.165) is 41.4 Å². The molecule has 1 fully saturated rings. The molecule has 1 aliphatic rings. The number of aliphatic hydroxyl groups is 1. The molecule has 5 rings (SSSR count). The number of halogens is 1. The number of carbonyl (C=O) groups excluding carboxylic acids is 2. The number of alkyl carbamates (subject to hydrolysis) is 1. The molecule has 3 N–H and O–H groups in total. The molecule has 248 valence electrons. The molecule has 3 aromatic carbocycles. The van der Waals surface area contributed by atoms with Crippen LogP contribution in [-0.4, -0.2) is 60.8 Å². The van der Waals surface area contributed by atoms with Gasteiger partial charge < -0.3 is 25.4 Å². The first-order valence-electron chi connectivity index (χ1n) is 16.4. The Hall–Kier alpha value is -3.98. The molecule has 8 nitrogen and oxygen atoms in total. The minimum atomic E-state index is -1.37. The lowest BCUT2D eigenvalue weighted by atomic mass is 9.72. The van der Waals surface area contributed by atoms with Gasteiger partial charge in [-0.3, -0.25) is 4.79 Å². The number of nitrogens with zero attached hydrogens (tertiary/aromatic N) is 2. The normalized spacial score (nSPS) is 16.2. The summed E-state index contributed by atoms with van der Waals surface area (Å²) in [4.78, 5) is 32.5. The lowest BCUT2D eigenvalue weighted by Crippen LogP contribution is -2.48. The summed E-state index contributed by atoms with van der Waals surface area (Å²) in [5.41, 5.74) is 4.45. The first-order chi connectivity index (χ1) is 22.7. The van der Waals surface area contributed by atoms with Crippen molar-refractivity contribution in [3.63, 3.8) is 0 Å². The van der Waals surface area contributed by atoms with Crippen LogP contribution in [-0.2, 0) is 16.9 Å². The highest BCUT2D eigenvalue weighted by molar-refractivity contribution is 6.33. The fourth-order valence-electron chi connectivity index (χ4n) is 6.80. The number of nitrogens with one attached hydrogen (secondary N) is 2. The summed E-state index contributed by atoms with van der Waals surface area (Å²) in [5.74, 6) is -0.0633. The van der Waals surface area contributed by atoms with Crippen LogP contribution >= 0.6 is 11.6 Å². The molecule has 1 saturated heterocycles. The fraction of sp³-hybridized carbons (Fsp3) is 0.395. The Morgan fingerprint density at radius 2 is 1.85 bits per heavy atom. The zero-order chi connectivity index (χ0) is 33.6. The molecule has 0 radical (unpaired) electrons. The van der Waals surface area contributed by atoms with Crippen LogP contribution in [0.3, 0.4) is 0 Å². The van der Waals surface area contributed by atoms with Crippen molar-refractivity contribution in [3.8, 4) is 11.3 Å². The molecule has 0 saturated carbocycles. The van der Waals surface area contributed by atoms with Gasteiger partial charge in [0.05, 0.1) is 28.9 Å². The van der Waals surface area contributed by atoms with Gasteiger partial charge in [0.15, 0.2) is 0 Å². The monoisotopic (exact) mass is 656 g/mol. The minimum Gasteiger partial charge on any atom is -0.453 e. The summed E-state index contributed by atoms with van der Waals surface area (Å²) in [6, 6.07) is 23.5. The third-order valence-corrected chi connectivity index (χ3v) is 9.58. The lowest BCUT2D eigenvalue weighted by Gasteiger charge is -2.43. The first-order valence-corrected chi connectivity index (χ1v) is 16.8. The van der Waals surface area contributed by atoms with Crippen LogP contribution in [0.5, 0.6) is 0 Å². The van der Waals surface area contributed by atoms with Gasteiger partial charge in [0.1, 0.15) is 0 Å². The number of rotatable bonds is 11. The zero-order valence-corrected chi connectivity index (χ0v) is 28.4. The molecule has 1 aliphatic heterocycles. The topological polar surface area (TPSA) is 104 Å². The lowest BCUT2D eigenvalue weighted by molar-refractivity contribution is -0.0563. The number of carbonyl (C=O) groups is 2. The smallest absolute Gasteiger partial charge is 0.406 e. The van der Waals surface area contributed by atoms with Crippen molar-refractivity contribution < 1.29 is 19.4 Å². The number of piperidine rings is 1. The van der Waals surface area contributed by atoms with Crippen molar-refractivity contribution in [1.29, 1.82) is 0 Å². The molecular weight excluding hydrogens is 612 g/mol. The number of benzene rings is 3. The third-order valence-electron chi connectivity index (χ3n) is 9.26. The van der Waals surface area contributed by atoms with E-state index in [-0.39, 0.29) is 17.7 Å². The molecule has 2 heterocycles. The van der Waals surface area contributed by atoms with Crippen LogP contribution in [0.4, 0.5) is 4.79 Å². The summed E-state index contributed by atoms with van der Waals surface area (Å²) >= 11 is 6.98. The van der Waals surface area contributed by atoms with Crippen LogP contribution in [0, 0.1) is 5.92 Å². The van der Waals surface area contributed by atoms with E-state index in [1.165, 1.54) is 7.11 Å². The number of ether oxygens (including phenoxy) is 1. The first kappa shape index (κ1) is 34.4. The van der Waals surface area contributed by atoms with Crippen LogP contribution in [0.1, 0.15) is 72.5 Å². The molecule has 47 heavy (non-hydrogen) atoms. The molecule has 2 atom stereocenters.